The summed E-state index contributed by atoms with van der Waals surface area (Å²) in [6, 6.07) is 31.1. The highest BCUT2D eigenvalue weighted by molar-refractivity contribution is 7.23. The standard InChI is InChI=1S/C64H76N4O9S/c1-7-60(69)73-37-14-10-9-13-36-72-59-33-23-50(41-65-59)44-77-58-32-22-49(40-54(58)42-66-68(8-2)64-67-57-31-28-53-18-11-12-19-56(53)61(57)78-64)43-76-55-29-26-52(27-30-55)51-24-20-47(21-25-51)16-15-17-48(34-38-74-62(70)45(3)4)35-39-75-63(71)46(5)6/h7,11-12,18-19,22-23,26-33,40-42,47-48,51H,1,3,5,8-10,13-17,20-21,24-25,34-39,43-44H2,2,4,6H3/b66-42+. The molecule has 0 radical (unpaired) electrons. The van der Waals surface area contributed by atoms with Crippen LogP contribution in [0.25, 0.3) is 21.0 Å². The molecule has 7 rings (SSSR count). The Kier molecular flexibility index (Phi) is 22.9. The number of fused-ring (bicyclic) bond motifs is 3. The second-order valence-corrected chi connectivity index (χ2v) is 21.2. The quantitative estimate of drug-likeness (QED) is 0.00988. The van der Waals surface area contributed by atoms with E-state index in [-0.39, 0.29) is 17.9 Å². The molecule has 78 heavy (non-hydrogen) atoms. The molecular formula is C64H76N4O9S. The minimum absolute atomic E-state index is 0.292. The molecule has 1 aliphatic carbocycles. The topological polar surface area (TPSA) is 148 Å². The Hall–Kier alpha value is -7.32. The van der Waals surface area contributed by atoms with Crippen molar-refractivity contribution in [3.63, 3.8) is 0 Å². The van der Waals surface area contributed by atoms with Crippen LogP contribution in [-0.4, -0.2) is 67.1 Å². The van der Waals surface area contributed by atoms with Crippen LogP contribution in [-0.2, 0) is 41.8 Å². The molecule has 6 aromatic rings. The van der Waals surface area contributed by atoms with Crippen molar-refractivity contribution in [2.75, 3.05) is 38.0 Å². The fourth-order valence-electron chi connectivity index (χ4n) is 9.58. The molecule has 1 saturated carbocycles. The summed E-state index contributed by atoms with van der Waals surface area (Å²) in [7, 11) is 0. The number of carbonyl (C=O) groups excluding carboxylic acids is 3. The molecule has 0 atom stereocenters. The fraction of sp³-hybridized carbons (Fsp3) is 0.406. The molecule has 0 N–H and O–H groups in total. The second kappa shape index (κ2) is 30.6. The summed E-state index contributed by atoms with van der Waals surface area (Å²) in [5.74, 6) is 2.41. The molecule has 0 bridgehead atoms. The van der Waals surface area contributed by atoms with Crippen molar-refractivity contribution in [2.24, 2.45) is 16.9 Å². The summed E-state index contributed by atoms with van der Waals surface area (Å²) in [6.07, 6.45) is 17.8. The van der Waals surface area contributed by atoms with E-state index in [0.29, 0.717) is 86.7 Å². The van der Waals surface area contributed by atoms with Gasteiger partial charge in [-0.25, -0.2) is 29.4 Å². The molecule has 13 nitrogen and oxygen atoms in total. The molecule has 1 aliphatic rings. The van der Waals surface area contributed by atoms with Crippen molar-refractivity contribution in [2.45, 2.75) is 123 Å². The lowest BCUT2D eigenvalue weighted by Crippen LogP contribution is -2.16. The maximum Gasteiger partial charge on any atom is 0.333 e. The molecule has 4 aromatic carbocycles. The number of nitrogens with zero attached hydrogens (tertiary/aromatic N) is 4. The van der Waals surface area contributed by atoms with Gasteiger partial charge in [-0.05, 0) is 156 Å². The number of ether oxygens (including phenoxy) is 6. The number of esters is 3. The van der Waals surface area contributed by atoms with Gasteiger partial charge in [-0.3, -0.25) is 0 Å². The third-order valence-corrected chi connectivity index (χ3v) is 15.3. The molecule has 2 aromatic heterocycles. The van der Waals surface area contributed by atoms with Crippen LogP contribution in [0.15, 0.2) is 139 Å². The number of hydrogen-bond acceptors (Lipinski definition) is 14. The molecular weight excluding hydrogens is 1000 g/mol. The highest BCUT2D eigenvalue weighted by Gasteiger charge is 2.23. The lowest BCUT2D eigenvalue weighted by atomic mass is 9.76. The molecule has 0 amide bonds. The van der Waals surface area contributed by atoms with Gasteiger partial charge in [0.25, 0.3) is 0 Å². The number of hydrogen-bond donors (Lipinski definition) is 0. The largest absolute Gasteiger partial charge is 0.489 e. The van der Waals surface area contributed by atoms with Crippen molar-refractivity contribution in [1.82, 2.24) is 9.97 Å². The highest BCUT2D eigenvalue weighted by atomic mass is 32.1. The molecule has 14 heteroatoms. The van der Waals surface area contributed by atoms with Crippen LogP contribution in [0.3, 0.4) is 0 Å². The Morgan fingerprint density at radius 2 is 1.45 bits per heavy atom. The zero-order valence-electron chi connectivity index (χ0n) is 45.8. The van der Waals surface area contributed by atoms with E-state index in [4.69, 9.17) is 38.5 Å². The van der Waals surface area contributed by atoms with Gasteiger partial charge in [0.1, 0.15) is 24.7 Å². The predicted octanol–water partition coefficient (Wildman–Crippen LogP) is 14.6. The molecule has 0 spiro atoms. The number of aromatic nitrogens is 2. The average molecular weight is 1080 g/mol. The smallest absolute Gasteiger partial charge is 0.333 e. The van der Waals surface area contributed by atoms with Gasteiger partial charge >= 0.3 is 17.9 Å². The van der Waals surface area contributed by atoms with Gasteiger partial charge in [0.05, 0.1) is 42.9 Å². The summed E-state index contributed by atoms with van der Waals surface area (Å²) in [4.78, 5) is 44.6. The van der Waals surface area contributed by atoms with E-state index < -0.39 is 0 Å². The first-order valence-corrected chi connectivity index (χ1v) is 28.4. The Morgan fingerprint density at radius 1 is 0.744 bits per heavy atom. The lowest BCUT2D eigenvalue weighted by Gasteiger charge is -2.29. The van der Waals surface area contributed by atoms with Crippen LogP contribution < -0.4 is 19.2 Å². The van der Waals surface area contributed by atoms with Crippen LogP contribution in [0.4, 0.5) is 5.13 Å². The minimum atomic E-state index is -0.389. The zero-order chi connectivity index (χ0) is 55.1. The van der Waals surface area contributed by atoms with Crippen LogP contribution in [0.2, 0.25) is 0 Å². The monoisotopic (exact) mass is 1080 g/mol. The molecule has 412 valence electrons. The number of pyridine rings is 1. The number of thiazole rings is 1. The van der Waals surface area contributed by atoms with Gasteiger partial charge in [0.15, 0.2) is 0 Å². The molecule has 0 saturated heterocycles. The summed E-state index contributed by atoms with van der Waals surface area (Å²) in [5, 5.41) is 10.1. The number of anilines is 1. The second-order valence-electron chi connectivity index (χ2n) is 20.2. The van der Waals surface area contributed by atoms with Gasteiger partial charge < -0.3 is 28.4 Å². The summed E-state index contributed by atoms with van der Waals surface area (Å²) in [6.45, 7) is 19.0. The highest BCUT2D eigenvalue weighted by Crippen LogP contribution is 2.39. The van der Waals surface area contributed by atoms with Crippen molar-refractivity contribution in [3.8, 4) is 17.4 Å². The molecule has 2 heterocycles. The summed E-state index contributed by atoms with van der Waals surface area (Å²) < 4.78 is 35.7. The van der Waals surface area contributed by atoms with E-state index in [9.17, 15) is 14.4 Å². The number of carbonyl (C=O) groups is 3. The normalized spacial score (nSPS) is 14.3. The van der Waals surface area contributed by atoms with Gasteiger partial charge in [0, 0.05) is 52.5 Å². The van der Waals surface area contributed by atoms with Crippen LogP contribution in [0.5, 0.6) is 17.4 Å². The van der Waals surface area contributed by atoms with Gasteiger partial charge in [-0.15, -0.1) is 0 Å². The molecule has 0 unspecified atom stereocenters. The number of hydrazone groups is 1. The average Bonchev–Trinajstić information content (AvgIpc) is 3.93. The summed E-state index contributed by atoms with van der Waals surface area (Å²) >= 11 is 1.64. The third kappa shape index (κ3) is 18.1. The van der Waals surface area contributed by atoms with Crippen LogP contribution in [0.1, 0.15) is 132 Å². The Bertz CT molecular complexity index is 2930. The van der Waals surface area contributed by atoms with Crippen molar-refractivity contribution in [3.05, 3.63) is 156 Å². The van der Waals surface area contributed by atoms with Crippen LogP contribution >= 0.6 is 11.3 Å². The first-order chi connectivity index (χ1) is 38.0. The SMILES string of the molecule is C=CC(=O)OCCCCCCOc1ccc(COc2ccc(COc3ccc(C4CCC(CCCC(CCOC(=O)C(=C)C)CCOC(=O)C(=C)C)CC4)cc3)cc2/C=N/N(CC)c2nc3ccc4ccccc4c3s2)cn1. The van der Waals surface area contributed by atoms with Crippen molar-refractivity contribution < 1.29 is 42.8 Å². The van der Waals surface area contributed by atoms with E-state index in [1.807, 2.05) is 35.5 Å². The zero-order valence-corrected chi connectivity index (χ0v) is 46.6. The van der Waals surface area contributed by atoms with E-state index in [1.54, 1.807) is 31.4 Å². The first kappa shape index (κ1) is 58.4. The third-order valence-electron chi connectivity index (χ3n) is 14.1. The fourth-order valence-corrected chi connectivity index (χ4v) is 10.7. The van der Waals surface area contributed by atoms with Gasteiger partial charge in [-0.2, -0.15) is 5.10 Å². The maximum absolute atomic E-state index is 12.0. The van der Waals surface area contributed by atoms with E-state index in [0.717, 1.165) is 108 Å². The number of unbranched alkanes of at least 4 members (excludes halogenated alkanes) is 3. The Labute approximate surface area is 464 Å². The van der Waals surface area contributed by atoms with Crippen LogP contribution in [0, 0.1) is 11.8 Å². The minimum Gasteiger partial charge on any atom is -0.489 e. The molecule has 0 aliphatic heterocycles. The lowest BCUT2D eigenvalue weighted by molar-refractivity contribution is -0.140. The first-order valence-electron chi connectivity index (χ1n) is 27.6. The van der Waals surface area contributed by atoms with E-state index >= 15 is 0 Å². The summed E-state index contributed by atoms with van der Waals surface area (Å²) in [5.41, 5.74) is 5.76. The van der Waals surface area contributed by atoms with Crippen molar-refractivity contribution in [1.29, 1.82) is 0 Å². The van der Waals surface area contributed by atoms with E-state index in [1.165, 1.54) is 35.3 Å². The number of benzene rings is 4. The molecule has 1 fully saturated rings. The number of rotatable bonds is 32. The van der Waals surface area contributed by atoms with Gasteiger partial charge in [0.2, 0.25) is 11.0 Å². The Balaban J connectivity index is 0.926. The predicted molar refractivity (Wildman–Crippen MR) is 311 cm³/mol. The van der Waals surface area contributed by atoms with E-state index in [2.05, 4.69) is 98.4 Å². The maximum atomic E-state index is 12.0. The van der Waals surface area contributed by atoms with Gasteiger partial charge in [-0.1, -0.05) is 98.9 Å². The Morgan fingerprint density at radius 3 is 2.14 bits per heavy atom. The van der Waals surface area contributed by atoms with Crippen molar-refractivity contribution >= 4 is 61.6 Å².